The summed E-state index contributed by atoms with van der Waals surface area (Å²) in [5.74, 6) is 0.842. The van der Waals surface area contributed by atoms with E-state index in [4.69, 9.17) is 5.11 Å². The molecule has 0 radical (unpaired) electrons. The molecule has 2 aromatic rings. The number of rotatable bonds is 5. The van der Waals surface area contributed by atoms with Gasteiger partial charge in [0.15, 0.2) is 0 Å². The summed E-state index contributed by atoms with van der Waals surface area (Å²) >= 11 is 1.69. The summed E-state index contributed by atoms with van der Waals surface area (Å²) in [6.45, 7) is 0.169. The van der Waals surface area contributed by atoms with E-state index in [2.05, 4.69) is 16.4 Å². The molecule has 2 aromatic heterocycles. The summed E-state index contributed by atoms with van der Waals surface area (Å²) in [6.07, 6.45) is 2.45. The fourth-order valence-corrected chi connectivity index (χ4v) is 2.34. The molecular weight excluding hydrogens is 220 g/mol. The number of hydrogen-bond acceptors (Lipinski definition) is 4. The molecule has 0 bridgehead atoms. The first-order valence-corrected chi connectivity index (χ1v) is 6.10. The zero-order valence-corrected chi connectivity index (χ0v) is 9.65. The Bertz CT molecular complexity index is 402. The summed E-state index contributed by atoms with van der Waals surface area (Å²) < 4.78 is 0. The highest BCUT2D eigenvalue weighted by molar-refractivity contribution is 7.10. The van der Waals surface area contributed by atoms with Crippen LogP contribution in [0.2, 0.25) is 0 Å². The molecule has 0 amide bonds. The van der Waals surface area contributed by atoms with Crippen LogP contribution in [-0.2, 0) is 0 Å². The Morgan fingerprint density at radius 3 is 2.88 bits per heavy atom. The second-order valence-electron chi connectivity index (χ2n) is 3.44. The lowest BCUT2D eigenvalue weighted by Crippen LogP contribution is -2.11. The number of nitrogens with one attached hydrogen (secondary N) is 1. The Kier molecular flexibility index (Phi) is 3.91. The normalized spacial score (nSPS) is 12.3. The predicted octanol–water partition coefficient (Wildman–Crippen LogP) is 2.68. The quantitative estimate of drug-likeness (QED) is 0.836. The third kappa shape index (κ3) is 2.81. The van der Waals surface area contributed by atoms with Crippen molar-refractivity contribution >= 4 is 17.2 Å². The van der Waals surface area contributed by atoms with E-state index in [1.807, 2.05) is 29.6 Å². The van der Waals surface area contributed by atoms with Gasteiger partial charge >= 0.3 is 0 Å². The van der Waals surface area contributed by atoms with Gasteiger partial charge in [0.25, 0.3) is 0 Å². The van der Waals surface area contributed by atoms with Crippen molar-refractivity contribution in [3.63, 3.8) is 0 Å². The highest BCUT2D eigenvalue weighted by Gasteiger charge is 2.11. The van der Waals surface area contributed by atoms with Crippen molar-refractivity contribution in [2.45, 2.75) is 12.5 Å². The van der Waals surface area contributed by atoms with Crippen LogP contribution in [0.15, 0.2) is 41.9 Å². The molecule has 2 heterocycles. The Hall–Kier alpha value is -1.39. The lowest BCUT2D eigenvalue weighted by molar-refractivity contribution is 0.280. The molecule has 0 saturated heterocycles. The first-order chi connectivity index (χ1) is 7.90. The summed E-state index contributed by atoms with van der Waals surface area (Å²) in [6, 6.07) is 9.99. The van der Waals surface area contributed by atoms with Gasteiger partial charge in [0.2, 0.25) is 0 Å². The third-order valence-corrected chi connectivity index (χ3v) is 3.28. The van der Waals surface area contributed by atoms with Crippen molar-refractivity contribution < 1.29 is 5.11 Å². The molecule has 16 heavy (non-hydrogen) atoms. The molecule has 4 heteroatoms. The molecule has 2 N–H and O–H groups in total. The Labute approximate surface area is 98.8 Å². The first-order valence-electron chi connectivity index (χ1n) is 5.22. The van der Waals surface area contributed by atoms with Crippen LogP contribution >= 0.6 is 11.3 Å². The topological polar surface area (TPSA) is 45.1 Å². The number of aliphatic hydroxyl groups is 1. The first kappa shape index (κ1) is 11.1. The van der Waals surface area contributed by atoms with Gasteiger partial charge in [-0.2, -0.15) is 0 Å². The molecule has 1 unspecified atom stereocenters. The Morgan fingerprint density at radius 2 is 2.25 bits per heavy atom. The van der Waals surface area contributed by atoms with E-state index in [-0.39, 0.29) is 12.6 Å². The number of pyridine rings is 1. The van der Waals surface area contributed by atoms with Crippen molar-refractivity contribution in [3.05, 3.63) is 46.8 Å². The van der Waals surface area contributed by atoms with E-state index in [9.17, 15) is 0 Å². The molecule has 0 saturated carbocycles. The van der Waals surface area contributed by atoms with Gasteiger partial charge in [-0.3, -0.25) is 0 Å². The molecule has 0 fully saturated rings. The summed E-state index contributed by atoms with van der Waals surface area (Å²) in [5, 5.41) is 14.4. The maximum atomic E-state index is 9.06. The van der Waals surface area contributed by atoms with Crippen molar-refractivity contribution in [1.29, 1.82) is 0 Å². The standard InChI is InChI=1S/C12H14N2OS/c15-8-6-10(11-4-3-9-16-11)14-12-5-1-2-7-13-12/h1-5,7,9-10,15H,6,8H2,(H,13,14). The van der Waals surface area contributed by atoms with E-state index in [1.165, 1.54) is 4.88 Å². The zero-order valence-electron chi connectivity index (χ0n) is 8.84. The van der Waals surface area contributed by atoms with Crippen molar-refractivity contribution in [3.8, 4) is 0 Å². The zero-order chi connectivity index (χ0) is 11.2. The van der Waals surface area contributed by atoms with Crippen LogP contribution in [0.3, 0.4) is 0 Å². The van der Waals surface area contributed by atoms with Crippen LogP contribution in [0.25, 0.3) is 0 Å². The lowest BCUT2D eigenvalue weighted by atomic mass is 10.2. The molecule has 0 spiro atoms. The Balaban J connectivity index is 2.09. The highest BCUT2D eigenvalue weighted by atomic mass is 32.1. The number of hydrogen-bond donors (Lipinski definition) is 2. The van der Waals surface area contributed by atoms with E-state index in [0.717, 1.165) is 5.82 Å². The SMILES string of the molecule is OCCC(Nc1ccccn1)c1cccs1. The van der Waals surface area contributed by atoms with Crippen molar-refractivity contribution in [2.75, 3.05) is 11.9 Å². The van der Waals surface area contributed by atoms with E-state index in [0.29, 0.717) is 6.42 Å². The number of aromatic nitrogens is 1. The maximum absolute atomic E-state index is 9.06. The molecular formula is C12H14N2OS. The van der Waals surface area contributed by atoms with Gasteiger partial charge in [0.05, 0.1) is 6.04 Å². The van der Waals surface area contributed by atoms with Gasteiger partial charge in [-0.15, -0.1) is 11.3 Å². The second kappa shape index (κ2) is 5.63. The minimum Gasteiger partial charge on any atom is -0.396 e. The van der Waals surface area contributed by atoms with Gasteiger partial charge in [0, 0.05) is 17.7 Å². The highest BCUT2D eigenvalue weighted by Crippen LogP contribution is 2.25. The van der Waals surface area contributed by atoms with Crippen LogP contribution in [0, 0.1) is 0 Å². The van der Waals surface area contributed by atoms with E-state index >= 15 is 0 Å². The molecule has 0 aliphatic heterocycles. The molecule has 1 atom stereocenters. The monoisotopic (exact) mass is 234 g/mol. The average molecular weight is 234 g/mol. The number of nitrogens with zero attached hydrogens (tertiary/aromatic N) is 1. The molecule has 0 aliphatic rings. The van der Waals surface area contributed by atoms with Crippen molar-refractivity contribution in [2.24, 2.45) is 0 Å². The summed E-state index contributed by atoms with van der Waals surface area (Å²) in [5.41, 5.74) is 0. The van der Waals surface area contributed by atoms with Crippen molar-refractivity contribution in [1.82, 2.24) is 4.98 Å². The van der Waals surface area contributed by atoms with Crippen LogP contribution < -0.4 is 5.32 Å². The van der Waals surface area contributed by atoms with Crippen LogP contribution in [0.1, 0.15) is 17.3 Å². The molecule has 3 nitrogen and oxygen atoms in total. The minimum atomic E-state index is 0.139. The summed E-state index contributed by atoms with van der Waals surface area (Å²) in [7, 11) is 0. The van der Waals surface area contributed by atoms with Gasteiger partial charge in [0.1, 0.15) is 5.82 Å². The number of anilines is 1. The lowest BCUT2D eigenvalue weighted by Gasteiger charge is -2.16. The number of aliphatic hydroxyl groups excluding tert-OH is 1. The fraction of sp³-hybridized carbons (Fsp3) is 0.250. The fourth-order valence-electron chi connectivity index (χ4n) is 1.53. The maximum Gasteiger partial charge on any atom is 0.126 e. The van der Waals surface area contributed by atoms with E-state index < -0.39 is 0 Å². The molecule has 2 rings (SSSR count). The van der Waals surface area contributed by atoms with Gasteiger partial charge in [-0.05, 0) is 30.0 Å². The smallest absolute Gasteiger partial charge is 0.126 e. The van der Waals surface area contributed by atoms with Crippen LogP contribution in [0.5, 0.6) is 0 Å². The largest absolute Gasteiger partial charge is 0.396 e. The average Bonchev–Trinajstić information content (AvgIpc) is 2.83. The molecule has 0 aliphatic carbocycles. The van der Waals surface area contributed by atoms with Crippen LogP contribution in [0.4, 0.5) is 5.82 Å². The molecule has 0 aromatic carbocycles. The van der Waals surface area contributed by atoms with Crippen LogP contribution in [-0.4, -0.2) is 16.7 Å². The minimum absolute atomic E-state index is 0.139. The van der Waals surface area contributed by atoms with Gasteiger partial charge in [-0.25, -0.2) is 4.98 Å². The van der Waals surface area contributed by atoms with Gasteiger partial charge < -0.3 is 10.4 Å². The molecule has 84 valence electrons. The second-order valence-corrected chi connectivity index (χ2v) is 4.42. The van der Waals surface area contributed by atoms with E-state index in [1.54, 1.807) is 17.5 Å². The van der Waals surface area contributed by atoms with Gasteiger partial charge in [-0.1, -0.05) is 12.1 Å². The Morgan fingerprint density at radius 1 is 1.31 bits per heavy atom. The summed E-state index contributed by atoms with van der Waals surface area (Å²) in [4.78, 5) is 5.44. The number of thiophene rings is 1. The third-order valence-electron chi connectivity index (χ3n) is 2.29. The predicted molar refractivity (Wildman–Crippen MR) is 66.6 cm³/mol.